The molecule has 0 bridgehead atoms. The highest BCUT2D eigenvalue weighted by Crippen LogP contribution is 2.24. The molecule has 0 aliphatic heterocycles. The molecule has 1 nitrogen and oxygen atoms in total. The number of hydrogen-bond donors (Lipinski definition) is 0. The van der Waals surface area contributed by atoms with Crippen LogP contribution in [0.4, 0.5) is 0 Å². The molecule has 1 aliphatic rings. The van der Waals surface area contributed by atoms with Crippen molar-refractivity contribution in [2.75, 3.05) is 0 Å². The van der Waals surface area contributed by atoms with Gasteiger partial charge in [-0.05, 0) is 25.9 Å². The Hall–Kier alpha value is -0.0831. The molecule has 2 heteroatoms. The van der Waals surface area contributed by atoms with Crippen molar-refractivity contribution >= 4 is 8.32 Å². The fourth-order valence-corrected chi connectivity index (χ4v) is 2.67. The van der Waals surface area contributed by atoms with Gasteiger partial charge in [0.1, 0.15) is 0 Å². The molecule has 0 unspecified atom stereocenters. The highest BCUT2D eigenvalue weighted by atomic mass is 28.4. The van der Waals surface area contributed by atoms with Crippen LogP contribution in [0, 0.1) is 0 Å². The maximum absolute atomic E-state index is 5.97. The molecule has 1 saturated carbocycles. The van der Waals surface area contributed by atoms with Gasteiger partial charge in [-0.25, -0.2) is 0 Å². The average Bonchev–Trinajstić information content (AvgIpc) is 2.39. The standard InChI is InChI=1S/C9H18OSi/c1-4-11(2,3)10-9-7-5-6-8-9/h4,9H,1,5-8H2,2-3H3. The van der Waals surface area contributed by atoms with Crippen LogP contribution in [-0.4, -0.2) is 14.4 Å². The van der Waals surface area contributed by atoms with Crippen LogP contribution in [-0.2, 0) is 4.43 Å². The first-order valence-corrected chi connectivity index (χ1v) is 7.44. The summed E-state index contributed by atoms with van der Waals surface area (Å²) in [4.78, 5) is 0. The highest BCUT2D eigenvalue weighted by Gasteiger charge is 2.25. The summed E-state index contributed by atoms with van der Waals surface area (Å²) >= 11 is 0. The highest BCUT2D eigenvalue weighted by molar-refractivity contribution is 6.76. The van der Waals surface area contributed by atoms with Crippen LogP contribution in [0.2, 0.25) is 13.1 Å². The Morgan fingerprint density at radius 3 is 2.36 bits per heavy atom. The van der Waals surface area contributed by atoms with Crippen LogP contribution in [0.15, 0.2) is 12.3 Å². The van der Waals surface area contributed by atoms with Crippen molar-refractivity contribution in [1.82, 2.24) is 0 Å². The van der Waals surface area contributed by atoms with E-state index in [1.54, 1.807) is 0 Å². The Labute approximate surface area is 70.6 Å². The lowest BCUT2D eigenvalue weighted by atomic mass is 10.3. The van der Waals surface area contributed by atoms with Gasteiger partial charge in [0.25, 0.3) is 0 Å². The van der Waals surface area contributed by atoms with Crippen LogP contribution >= 0.6 is 0 Å². The maximum atomic E-state index is 5.97. The van der Waals surface area contributed by atoms with Crippen molar-refractivity contribution in [3.63, 3.8) is 0 Å². The molecule has 0 radical (unpaired) electrons. The van der Waals surface area contributed by atoms with Crippen molar-refractivity contribution < 1.29 is 4.43 Å². The second-order valence-corrected chi connectivity index (χ2v) is 7.68. The molecule has 0 heterocycles. The molecule has 0 aromatic rings. The van der Waals surface area contributed by atoms with Crippen molar-refractivity contribution in [2.45, 2.75) is 44.9 Å². The van der Waals surface area contributed by atoms with E-state index in [0.717, 1.165) is 0 Å². The molecule has 1 rings (SSSR count). The van der Waals surface area contributed by atoms with Gasteiger partial charge in [0.15, 0.2) is 0 Å². The summed E-state index contributed by atoms with van der Waals surface area (Å²) in [5.74, 6) is 0. The van der Waals surface area contributed by atoms with E-state index in [9.17, 15) is 0 Å². The lowest BCUT2D eigenvalue weighted by Gasteiger charge is -2.23. The van der Waals surface area contributed by atoms with E-state index in [0.29, 0.717) is 6.10 Å². The summed E-state index contributed by atoms with van der Waals surface area (Å²) < 4.78 is 5.97. The summed E-state index contributed by atoms with van der Waals surface area (Å²) in [7, 11) is -1.48. The average molecular weight is 170 g/mol. The molecule has 1 aliphatic carbocycles. The Morgan fingerprint density at radius 1 is 1.36 bits per heavy atom. The summed E-state index contributed by atoms with van der Waals surface area (Å²) in [6, 6.07) is 0. The fraction of sp³-hybridized carbons (Fsp3) is 0.778. The quantitative estimate of drug-likeness (QED) is 0.592. The molecule has 0 spiro atoms. The molecule has 64 valence electrons. The van der Waals surface area contributed by atoms with E-state index in [1.165, 1.54) is 25.7 Å². The van der Waals surface area contributed by atoms with Gasteiger partial charge in [0.05, 0.1) is 0 Å². The largest absolute Gasteiger partial charge is 0.411 e. The molecule has 11 heavy (non-hydrogen) atoms. The topological polar surface area (TPSA) is 9.23 Å². The number of rotatable bonds is 3. The van der Waals surface area contributed by atoms with E-state index >= 15 is 0 Å². The van der Waals surface area contributed by atoms with E-state index in [-0.39, 0.29) is 0 Å². The summed E-state index contributed by atoms with van der Waals surface area (Å²) in [5.41, 5.74) is 2.02. The van der Waals surface area contributed by atoms with Gasteiger partial charge in [-0.2, -0.15) is 0 Å². The van der Waals surface area contributed by atoms with Gasteiger partial charge >= 0.3 is 0 Å². The predicted octanol–water partition coefficient (Wildman–Crippen LogP) is 2.88. The smallest absolute Gasteiger partial charge is 0.210 e. The predicted molar refractivity (Wildman–Crippen MR) is 51.0 cm³/mol. The zero-order valence-electron chi connectivity index (χ0n) is 7.60. The molecular weight excluding hydrogens is 152 g/mol. The number of hydrogen-bond acceptors (Lipinski definition) is 1. The van der Waals surface area contributed by atoms with Gasteiger partial charge in [-0.1, -0.05) is 18.5 Å². The third-order valence-electron chi connectivity index (χ3n) is 2.26. The Bertz CT molecular complexity index is 136. The summed E-state index contributed by atoms with van der Waals surface area (Å²) in [6.45, 7) is 8.22. The fourth-order valence-electron chi connectivity index (χ4n) is 1.48. The Morgan fingerprint density at radius 2 is 1.91 bits per heavy atom. The van der Waals surface area contributed by atoms with Crippen LogP contribution < -0.4 is 0 Å². The van der Waals surface area contributed by atoms with Crippen molar-refractivity contribution in [3.05, 3.63) is 12.3 Å². The van der Waals surface area contributed by atoms with Crippen molar-refractivity contribution in [1.29, 1.82) is 0 Å². The minimum Gasteiger partial charge on any atom is -0.411 e. The minimum atomic E-state index is -1.48. The monoisotopic (exact) mass is 170 g/mol. The van der Waals surface area contributed by atoms with Crippen LogP contribution in [0.3, 0.4) is 0 Å². The minimum absolute atomic E-state index is 0.551. The van der Waals surface area contributed by atoms with Gasteiger partial charge in [0, 0.05) is 6.10 Å². The zero-order chi connectivity index (χ0) is 8.32. The zero-order valence-corrected chi connectivity index (χ0v) is 8.60. The molecule has 1 fully saturated rings. The first kappa shape index (κ1) is 9.01. The molecule has 0 amide bonds. The molecule has 0 atom stereocenters. The van der Waals surface area contributed by atoms with Gasteiger partial charge < -0.3 is 4.43 Å². The summed E-state index contributed by atoms with van der Waals surface area (Å²) in [5, 5.41) is 0. The molecule has 0 saturated heterocycles. The molecule has 0 N–H and O–H groups in total. The molecular formula is C9H18OSi. The van der Waals surface area contributed by atoms with Crippen LogP contribution in [0.1, 0.15) is 25.7 Å². The van der Waals surface area contributed by atoms with E-state index < -0.39 is 8.32 Å². The Balaban J connectivity index is 2.33. The van der Waals surface area contributed by atoms with Gasteiger partial charge in [0.2, 0.25) is 8.32 Å². The maximum Gasteiger partial charge on any atom is 0.210 e. The van der Waals surface area contributed by atoms with E-state index in [4.69, 9.17) is 4.43 Å². The second kappa shape index (κ2) is 3.54. The third-order valence-corrected chi connectivity index (χ3v) is 4.19. The van der Waals surface area contributed by atoms with E-state index in [1.807, 2.05) is 5.70 Å². The second-order valence-electron chi connectivity index (χ2n) is 3.83. The van der Waals surface area contributed by atoms with Gasteiger partial charge in [-0.15, -0.1) is 6.58 Å². The third kappa shape index (κ3) is 2.79. The van der Waals surface area contributed by atoms with Crippen LogP contribution in [0.25, 0.3) is 0 Å². The lowest BCUT2D eigenvalue weighted by molar-refractivity contribution is 0.205. The van der Waals surface area contributed by atoms with Crippen molar-refractivity contribution in [2.24, 2.45) is 0 Å². The summed E-state index contributed by atoms with van der Waals surface area (Å²) in [6.07, 6.45) is 5.79. The molecule has 0 aromatic carbocycles. The van der Waals surface area contributed by atoms with Crippen molar-refractivity contribution in [3.8, 4) is 0 Å². The lowest BCUT2D eigenvalue weighted by Crippen LogP contribution is -2.32. The first-order chi connectivity index (χ1) is 5.14. The van der Waals surface area contributed by atoms with Gasteiger partial charge in [-0.3, -0.25) is 0 Å². The molecule has 0 aromatic heterocycles. The SMILES string of the molecule is C=C[Si](C)(C)OC1CCCC1. The normalized spacial score (nSPS) is 20.5. The Kier molecular flexibility index (Phi) is 2.90. The van der Waals surface area contributed by atoms with Crippen LogP contribution in [0.5, 0.6) is 0 Å². The van der Waals surface area contributed by atoms with E-state index in [2.05, 4.69) is 19.7 Å². The first-order valence-electron chi connectivity index (χ1n) is 4.45.